The SMILES string of the molecule is CCC1CCC(Nc2ccnc(C(=O)O)c2)CC1. The van der Waals surface area contributed by atoms with Crippen molar-refractivity contribution in [3.05, 3.63) is 24.0 Å². The smallest absolute Gasteiger partial charge is 0.354 e. The molecule has 0 atom stereocenters. The second kappa shape index (κ2) is 5.85. The molecule has 0 saturated heterocycles. The van der Waals surface area contributed by atoms with Crippen LogP contribution in [0.3, 0.4) is 0 Å². The molecule has 2 N–H and O–H groups in total. The molecule has 1 heterocycles. The monoisotopic (exact) mass is 248 g/mol. The van der Waals surface area contributed by atoms with Crippen molar-refractivity contribution in [2.24, 2.45) is 5.92 Å². The van der Waals surface area contributed by atoms with E-state index in [1.165, 1.54) is 32.1 Å². The van der Waals surface area contributed by atoms with Gasteiger partial charge in [-0.25, -0.2) is 9.78 Å². The van der Waals surface area contributed by atoms with Crippen molar-refractivity contribution in [1.82, 2.24) is 4.98 Å². The molecule has 18 heavy (non-hydrogen) atoms. The van der Waals surface area contributed by atoms with Crippen molar-refractivity contribution in [3.8, 4) is 0 Å². The molecule has 0 unspecified atom stereocenters. The Labute approximate surface area is 107 Å². The summed E-state index contributed by atoms with van der Waals surface area (Å²) < 4.78 is 0. The summed E-state index contributed by atoms with van der Waals surface area (Å²) >= 11 is 0. The largest absolute Gasteiger partial charge is 0.477 e. The number of aromatic carboxylic acids is 1. The van der Waals surface area contributed by atoms with E-state index in [1.807, 2.05) is 6.07 Å². The minimum atomic E-state index is -0.978. The maximum absolute atomic E-state index is 10.8. The second-order valence-electron chi connectivity index (χ2n) is 5.01. The number of hydrogen-bond donors (Lipinski definition) is 2. The number of carboxylic acid groups (broad SMARTS) is 1. The number of anilines is 1. The minimum absolute atomic E-state index is 0.0993. The van der Waals surface area contributed by atoms with Gasteiger partial charge in [0.15, 0.2) is 0 Å². The molecular weight excluding hydrogens is 228 g/mol. The van der Waals surface area contributed by atoms with Crippen LogP contribution in [-0.4, -0.2) is 22.1 Å². The van der Waals surface area contributed by atoms with Crippen molar-refractivity contribution in [3.63, 3.8) is 0 Å². The fourth-order valence-corrected chi connectivity index (χ4v) is 2.59. The van der Waals surface area contributed by atoms with E-state index in [9.17, 15) is 4.79 Å². The number of carbonyl (C=O) groups is 1. The van der Waals surface area contributed by atoms with E-state index in [2.05, 4.69) is 17.2 Å². The molecule has 1 saturated carbocycles. The van der Waals surface area contributed by atoms with Crippen molar-refractivity contribution in [1.29, 1.82) is 0 Å². The lowest BCUT2D eigenvalue weighted by Gasteiger charge is -2.29. The average molecular weight is 248 g/mol. The lowest BCUT2D eigenvalue weighted by Crippen LogP contribution is -2.26. The summed E-state index contributed by atoms with van der Waals surface area (Å²) in [6, 6.07) is 3.91. The lowest BCUT2D eigenvalue weighted by molar-refractivity contribution is 0.0690. The Morgan fingerprint density at radius 1 is 1.44 bits per heavy atom. The molecule has 1 aliphatic carbocycles. The average Bonchev–Trinajstić information content (AvgIpc) is 2.40. The van der Waals surface area contributed by atoms with E-state index in [0.29, 0.717) is 6.04 Å². The third kappa shape index (κ3) is 3.22. The van der Waals surface area contributed by atoms with Gasteiger partial charge in [-0.15, -0.1) is 0 Å². The molecule has 0 bridgehead atoms. The predicted octanol–water partition coefficient (Wildman–Crippen LogP) is 3.16. The molecule has 2 rings (SSSR count). The van der Waals surface area contributed by atoms with Gasteiger partial charge in [0.1, 0.15) is 5.69 Å². The van der Waals surface area contributed by atoms with Crippen LogP contribution in [0.5, 0.6) is 0 Å². The van der Waals surface area contributed by atoms with Gasteiger partial charge in [-0.2, -0.15) is 0 Å². The van der Waals surface area contributed by atoms with Crippen molar-refractivity contribution >= 4 is 11.7 Å². The number of carboxylic acids is 1. The van der Waals surface area contributed by atoms with Gasteiger partial charge in [0.05, 0.1) is 0 Å². The van der Waals surface area contributed by atoms with Gasteiger partial charge in [-0.1, -0.05) is 13.3 Å². The van der Waals surface area contributed by atoms with Crippen LogP contribution in [0.1, 0.15) is 49.5 Å². The van der Waals surface area contributed by atoms with E-state index in [0.717, 1.165) is 11.6 Å². The first kappa shape index (κ1) is 12.9. The number of rotatable bonds is 4. The predicted molar refractivity (Wildman–Crippen MR) is 70.9 cm³/mol. The zero-order valence-electron chi connectivity index (χ0n) is 10.7. The molecule has 0 radical (unpaired) electrons. The molecule has 1 aliphatic rings. The zero-order valence-corrected chi connectivity index (χ0v) is 10.7. The van der Waals surface area contributed by atoms with Gasteiger partial charge < -0.3 is 10.4 Å². The van der Waals surface area contributed by atoms with Gasteiger partial charge in [0.25, 0.3) is 0 Å². The van der Waals surface area contributed by atoms with Crippen LogP contribution in [0, 0.1) is 5.92 Å². The van der Waals surface area contributed by atoms with E-state index in [4.69, 9.17) is 5.11 Å². The molecule has 0 aliphatic heterocycles. The third-order valence-electron chi connectivity index (χ3n) is 3.77. The van der Waals surface area contributed by atoms with Crippen molar-refractivity contribution in [2.45, 2.75) is 45.1 Å². The van der Waals surface area contributed by atoms with Crippen molar-refractivity contribution in [2.75, 3.05) is 5.32 Å². The standard InChI is InChI=1S/C14H20N2O2/c1-2-10-3-5-11(6-4-10)16-12-7-8-15-13(9-12)14(17)18/h7-11H,2-6H2,1H3,(H,15,16)(H,17,18). The summed E-state index contributed by atoms with van der Waals surface area (Å²) in [5.74, 6) is -0.108. The summed E-state index contributed by atoms with van der Waals surface area (Å²) in [5.41, 5.74) is 0.963. The Bertz CT molecular complexity index is 412. The van der Waals surface area contributed by atoms with Crippen LogP contribution in [0.15, 0.2) is 18.3 Å². The van der Waals surface area contributed by atoms with Crippen LogP contribution < -0.4 is 5.32 Å². The fraction of sp³-hybridized carbons (Fsp3) is 0.571. The number of hydrogen-bond acceptors (Lipinski definition) is 3. The maximum atomic E-state index is 10.8. The Morgan fingerprint density at radius 2 is 2.17 bits per heavy atom. The van der Waals surface area contributed by atoms with Gasteiger partial charge in [-0.05, 0) is 43.7 Å². The summed E-state index contributed by atoms with van der Waals surface area (Å²) in [4.78, 5) is 14.7. The Morgan fingerprint density at radius 3 is 2.78 bits per heavy atom. The van der Waals surface area contributed by atoms with Crippen LogP contribution in [-0.2, 0) is 0 Å². The normalized spacial score (nSPS) is 23.6. The lowest BCUT2D eigenvalue weighted by atomic mass is 9.84. The van der Waals surface area contributed by atoms with E-state index < -0.39 is 5.97 Å². The summed E-state index contributed by atoms with van der Waals surface area (Å²) in [6.45, 7) is 2.25. The first-order valence-electron chi connectivity index (χ1n) is 6.65. The minimum Gasteiger partial charge on any atom is -0.477 e. The summed E-state index contributed by atoms with van der Waals surface area (Å²) in [7, 11) is 0. The highest BCUT2D eigenvalue weighted by molar-refractivity contribution is 5.86. The molecule has 0 spiro atoms. The van der Waals surface area contributed by atoms with Crippen molar-refractivity contribution < 1.29 is 9.90 Å². The Hall–Kier alpha value is -1.58. The highest BCUT2D eigenvalue weighted by Crippen LogP contribution is 2.28. The first-order chi connectivity index (χ1) is 8.69. The van der Waals surface area contributed by atoms with Gasteiger partial charge in [0, 0.05) is 17.9 Å². The van der Waals surface area contributed by atoms with Gasteiger partial charge in [0.2, 0.25) is 0 Å². The molecule has 0 aromatic carbocycles. The topological polar surface area (TPSA) is 62.2 Å². The highest BCUT2D eigenvalue weighted by Gasteiger charge is 2.19. The molecular formula is C14H20N2O2. The highest BCUT2D eigenvalue weighted by atomic mass is 16.4. The van der Waals surface area contributed by atoms with E-state index >= 15 is 0 Å². The van der Waals surface area contributed by atoms with Gasteiger partial charge in [-0.3, -0.25) is 0 Å². The van der Waals surface area contributed by atoms with Crippen LogP contribution in [0.4, 0.5) is 5.69 Å². The first-order valence-corrected chi connectivity index (χ1v) is 6.65. The van der Waals surface area contributed by atoms with Crippen LogP contribution in [0.25, 0.3) is 0 Å². The van der Waals surface area contributed by atoms with Crippen LogP contribution in [0.2, 0.25) is 0 Å². The van der Waals surface area contributed by atoms with Crippen LogP contribution >= 0.6 is 0 Å². The Kier molecular flexibility index (Phi) is 4.18. The number of nitrogens with one attached hydrogen (secondary N) is 1. The van der Waals surface area contributed by atoms with E-state index in [-0.39, 0.29) is 5.69 Å². The van der Waals surface area contributed by atoms with Gasteiger partial charge >= 0.3 is 5.97 Å². The Balaban J connectivity index is 1.94. The summed E-state index contributed by atoms with van der Waals surface area (Å²) in [5, 5.41) is 12.3. The molecule has 4 nitrogen and oxygen atoms in total. The molecule has 4 heteroatoms. The maximum Gasteiger partial charge on any atom is 0.354 e. The molecule has 1 fully saturated rings. The molecule has 1 aromatic rings. The third-order valence-corrected chi connectivity index (χ3v) is 3.77. The van der Waals surface area contributed by atoms with E-state index in [1.54, 1.807) is 12.3 Å². The quantitative estimate of drug-likeness (QED) is 0.859. The molecule has 98 valence electrons. The summed E-state index contributed by atoms with van der Waals surface area (Å²) in [6.07, 6.45) is 7.69. The zero-order chi connectivity index (χ0) is 13.0. The second-order valence-corrected chi connectivity index (χ2v) is 5.01. The fourth-order valence-electron chi connectivity index (χ4n) is 2.59. The number of aromatic nitrogens is 1. The molecule has 1 aromatic heterocycles. The number of nitrogens with zero attached hydrogens (tertiary/aromatic N) is 1. The number of pyridine rings is 1. The molecule has 0 amide bonds.